The van der Waals surface area contributed by atoms with E-state index >= 15 is 0 Å². The molecule has 3 rings (SSSR count). The number of carbonyl (C=O) groups is 1. The molecule has 3 aromatic rings. The number of hydrogen-bond acceptors (Lipinski definition) is 2. The number of rotatable bonds is 3. The van der Waals surface area contributed by atoms with E-state index in [9.17, 15) is 18.0 Å². The van der Waals surface area contributed by atoms with E-state index in [0.717, 1.165) is 6.07 Å². The van der Waals surface area contributed by atoms with Gasteiger partial charge in [-0.15, -0.1) is 0 Å². The van der Waals surface area contributed by atoms with Crippen molar-refractivity contribution in [3.8, 4) is 11.1 Å². The van der Waals surface area contributed by atoms with Gasteiger partial charge in [0.2, 0.25) is 0 Å². The van der Waals surface area contributed by atoms with E-state index in [4.69, 9.17) is 0 Å². The summed E-state index contributed by atoms with van der Waals surface area (Å²) in [7, 11) is 1.69. The molecule has 1 N–H and O–H groups in total. The zero-order chi connectivity index (χ0) is 18.1. The van der Waals surface area contributed by atoms with E-state index in [1.54, 1.807) is 38.4 Å². The molecule has 2 aromatic carbocycles. The van der Waals surface area contributed by atoms with E-state index in [1.165, 1.54) is 10.7 Å². The fourth-order valence-corrected chi connectivity index (χ4v) is 2.57. The number of anilines is 1. The third-order valence-corrected chi connectivity index (χ3v) is 3.73. The number of hydrogen-bond donors (Lipinski definition) is 1. The minimum absolute atomic E-state index is 0.141. The first-order valence-corrected chi connectivity index (χ1v) is 7.42. The predicted molar refractivity (Wildman–Crippen MR) is 87.7 cm³/mol. The smallest absolute Gasteiger partial charge is 0.259 e. The quantitative estimate of drug-likeness (QED) is 0.728. The molecule has 0 aliphatic rings. The highest BCUT2D eigenvalue weighted by atomic mass is 19.2. The number of halogens is 3. The lowest BCUT2D eigenvalue weighted by Crippen LogP contribution is -2.13. The van der Waals surface area contributed by atoms with Gasteiger partial charge in [0.1, 0.15) is 5.82 Å². The summed E-state index contributed by atoms with van der Waals surface area (Å²) >= 11 is 0. The molecule has 0 bridgehead atoms. The molecule has 0 aliphatic carbocycles. The Kier molecular flexibility index (Phi) is 4.31. The molecule has 0 radical (unpaired) electrons. The van der Waals surface area contributed by atoms with Crippen molar-refractivity contribution in [2.75, 3.05) is 5.32 Å². The van der Waals surface area contributed by atoms with Crippen molar-refractivity contribution in [2.45, 2.75) is 6.92 Å². The second-order valence-electron chi connectivity index (χ2n) is 5.55. The Hall–Kier alpha value is -3.09. The van der Waals surface area contributed by atoms with E-state index in [0.29, 0.717) is 17.3 Å². The van der Waals surface area contributed by atoms with Gasteiger partial charge in [0, 0.05) is 36.1 Å². The Labute approximate surface area is 141 Å². The zero-order valence-corrected chi connectivity index (χ0v) is 13.5. The second kappa shape index (κ2) is 6.43. The predicted octanol–water partition coefficient (Wildman–Crippen LogP) is 4.07. The van der Waals surface area contributed by atoms with Crippen molar-refractivity contribution >= 4 is 11.6 Å². The number of amides is 1. The molecule has 7 heteroatoms. The fourth-order valence-electron chi connectivity index (χ4n) is 2.57. The number of aryl methyl sites for hydroxylation is 2. The highest BCUT2D eigenvalue weighted by Crippen LogP contribution is 2.31. The van der Waals surface area contributed by atoms with E-state index in [1.807, 2.05) is 0 Å². The Balaban J connectivity index is 2.01. The highest BCUT2D eigenvalue weighted by Gasteiger charge is 2.17. The standard InChI is InChI=1S/C18H14F3N3O/c1-10-13(9-24(2)23-10)18(25)22-17-6-4-3-5-11(17)12-7-15(20)16(21)8-14(12)19/h3-9H,1-2H3,(H,22,25). The maximum absolute atomic E-state index is 14.1. The van der Waals surface area contributed by atoms with Crippen LogP contribution in [0.2, 0.25) is 0 Å². The summed E-state index contributed by atoms with van der Waals surface area (Å²) in [4.78, 5) is 12.4. The summed E-state index contributed by atoms with van der Waals surface area (Å²) in [5.74, 6) is -3.78. The summed E-state index contributed by atoms with van der Waals surface area (Å²) in [6.45, 7) is 1.69. The van der Waals surface area contributed by atoms with Crippen molar-refractivity contribution in [3.05, 3.63) is 71.3 Å². The van der Waals surface area contributed by atoms with Gasteiger partial charge >= 0.3 is 0 Å². The molecule has 1 amide bonds. The topological polar surface area (TPSA) is 46.9 Å². The Morgan fingerprint density at radius 1 is 1.04 bits per heavy atom. The largest absolute Gasteiger partial charge is 0.321 e. The summed E-state index contributed by atoms with van der Waals surface area (Å²) in [5.41, 5.74) is 1.28. The molecule has 0 unspecified atom stereocenters. The maximum atomic E-state index is 14.1. The average Bonchev–Trinajstić information content (AvgIpc) is 2.90. The normalized spacial score (nSPS) is 10.8. The number of nitrogens with one attached hydrogen (secondary N) is 1. The zero-order valence-electron chi connectivity index (χ0n) is 13.5. The van der Waals surface area contributed by atoms with Gasteiger partial charge in [-0.1, -0.05) is 18.2 Å². The van der Waals surface area contributed by atoms with Crippen LogP contribution in [0, 0.1) is 24.4 Å². The molecular weight excluding hydrogens is 331 g/mol. The second-order valence-corrected chi connectivity index (χ2v) is 5.55. The van der Waals surface area contributed by atoms with Gasteiger partial charge in [-0.2, -0.15) is 5.10 Å². The van der Waals surface area contributed by atoms with Crippen molar-refractivity contribution in [1.29, 1.82) is 0 Å². The van der Waals surface area contributed by atoms with Crippen LogP contribution in [-0.4, -0.2) is 15.7 Å². The molecule has 0 spiro atoms. The third kappa shape index (κ3) is 3.26. The molecule has 0 saturated heterocycles. The first kappa shape index (κ1) is 16.8. The molecule has 4 nitrogen and oxygen atoms in total. The summed E-state index contributed by atoms with van der Waals surface area (Å²) in [6, 6.07) is 7.58. The van der Waals surface area contributed by atoms with Crippen LogP contribution in [0.15, 0.2) is 42.6 Å². The SMILES string of the molecule is Cc1nn(C)cc1C(=O)Nc1ccccc1-c1cc(F)c(F)cc1F. The lowest BCUT2D eigenvalue weighted by molar-refractivity contribution is 0.102. The molecular formula is C18H14F3N3O. The molecule has 0 fully saturated rings. The summed E-state index contributed by atoms with van der Waals surface area (Å²) in [6.07, 6.45) is 1.56. The number of nitrogens with zero attached hydrogens (tertiary/aromatic N) is 2. The van der Waals surface area contributed by atoms with Crippen molar-refractivity contribution in [1.82, 2.24) is 9.78 Å². The van der Waals surface area contributed by atoms with Gasteiger partial charge in [0.25, 0.3) is 5.91 Å². The molecule has 0 atom stereocenters. The van der Waals surface area contributed by atoms with Crippen LogP contribution in [0.1, 0.15) is 16.1 Å². The minimum Gasteiger partial charge on any atom is -0.321 e. The molecule has 0 aliphatic heterocycles. The first-order valence-electron chi connectivity index (χ1n) is 7.42. The Bertz CT molecular complexity index is 966. The lowest BCUT2D eigenvalue weighted by Gasteiger charge is -2.12. The van der Waals surface area contributed by atoms with Gasteiger partial charge in [-0.3, -0.25) is 9.48 Å². The van der Waals surface area contributed by atoms with Gasteiger partial charge < -0.3 is 5.32 Å². The monoisotopic (exact) mass is 345 g/mol. The minimum atomic E-state index is -1.27. The molecule has 25 heavy (non-hydrogen) atoms. The van der Waals surface area contributed by atoms with Gasteiger partial charge in [0.15, 0.2) is 11.6 Å². The van der Waals surface area contributed by atoms with Crippen LogP contribution >= 0.6 is 0 Å². The van der Waals surface area contributed by atoms with Crippen LogP contribution < -0.4 is 5.32 Å². The summed E-state index contributed by atoms with van der Waals surface area (Å²) in [5, 5.41) is 6.76. The third-order valence-electron chi connectivity index (χ3n) is 3.73. The van der Waals surface area contributed by atoms with Crippen molar-refractivity contribution in [3.63, 3.8) is 0 Å². The number of benzene rings is 2. The van der Waals surface area contributed by atoms with E-state index in [-0.39, 0.29) is 16.8 Å². The molecule has 1 heterocycles. The van der Waals surface area contributed by atoms with Crippen LogP contribution in [0.5, 0.6) is 0 Å². The molecule has 0 saturated carbocycles. The van der Waals surface area contributed by atoms with Crippen LogP contribution in [0.3, 0.4) is 0 Å². The first-order chi connectivity index (χ1) is 11.9. The maximum Gasteiger partial charge on any atom is 0.259 e. The fraction of sp³-hybridized carbons (Fsp3) is 0.111. The van der Waals surface area contributed by atoms with E-state index < -0.39 is 23.4 Å². The van der Waals surface area contributed by atoms with Crippen LogP contribution in [0.4, 0.5) is 18.9 Å². The summed E-state index contributed by atoms with van der Waals surface area (Å²) < 4.78 is 42.3. The Morgan fingerprint density at radius 2 is 1.72 bits per heavy atom. The Morgan fingerprint density at radius 3 is 2.40 bits per heavy atom. The number of aromatic nitrogens is 2. The molecule has 128 valence electrons. The lowest BCUT2D eigenvalue weighted by atomic mass is 10.0. The van der Waals surface area contributed by atoms with Gasteiger partial charge in [0.05, 0.1) is 11.3 Å². The van der Waals surface area contributed by atoms with Crippen LogP contribution in [0.25, 0.3) is 11.1 Å². The number of para-hydroxylation sites is 1. The van der Waals surface area contributed by atoms with Gasteiger partial charge in [-0.25, -0.2) is 13.2 Å². The molecule has 1 aromatic heterocycles. The van der Waals surface area contributed by atoms with Crippen LogP contribution in [-0.2, 0) is 7.05 Å². The van der Waals surface area contributed by atoms with Crippen molar-refractivity contribution in [2.24, 2.45) is 7.05 Å². The van der Waals surface area contributed by atoms with Crippen molar-refractivity contribution < 1.29 is 18.0 Å². The van der Waals surface area contributed by atoms with Gasteiger partial charge in [-0.05, 0) is 19.1 Å². The van der Waals surface area contributed by atoms with E-state index in [2.05, 4.69) is 10.4 Å². The average molecular weight is 345 g/mol. The highest BCUT2D eigenvalue weighted by molar-refractivity contribution is 6.06. The number of carbonyl (C=O) groups excluding carboxylic acids is 1.